The lowest BCUT2D eigenvalue weighted by molar-refractivity contribution is 0.0691. The molecule has 1 aliphatic heterocycles. The molecule has 0 saturated carbocycles. The van der Waals surface area contributed by atoms with E-state index in [9.17, 15) is 4.79 Å². The molecule has 1 unspecified atom stereocenters. The normalized spacial score (nSPS) is 18.0. The highest BCUT2D eigenvalue weighted by atomic mass is 16.5. The lowest BCUT2D eigenvalue weighted by Crippen LogP contribution is -2.14. The van der Waals surface area contributed by atoms with Gasteiger partial charge < -0.3 is 15.2 Å². The largest absolute Gasteiger partial charge is 0.477 e. The molecule has 0 bridgehead atoms. The van der Waals surface area contributed by atoms with E-state index in [4.69, 9.17) is 9.84 Å². The Labute approximate surface area is 123 Å². The predicted molar refractivity (Wildman–Crippen MR) is 80.8 cm³/mol. The van der Waals surface area contributed by atoms with Crippen LogP contribution >= 0.6 is 0 Å². The van der Waals surface area contributed by atoms with Crippen LogP contribution in [0.5, 0.6) is 0 Å². The number of nitrogens with one attached hydrogen (secondary N) is 1. The number of benzene rings is 1. The fourth-order valence-electron chi connectivity index (χ4n) is 2.67. The van der Waals surface area contributed by atoms with Crippen LogP contribution in [0.1, 0.15) is 29.8 Å². The van der Waals surface area contributed by atoms with Gasteiger partial charge in [-0.3, -0.25) is 0 Å². The van der Waals surface area contributed by atoms with Gasteiger partial charge in [-0.1, -0.05) is 24.3 Å². The average Bonchev–Trinajstić information content (AvgIpc) is 3.00. The first-order valence-corrected chi connectivity index (χ1v) is 7.22. The van der Waals surface area contributed by atoms with Crippen molar-refractivity contribution < 1.29 is 14.6 Å². The standard InChI is InChI=1S/C16H18N2O3/c19-16(20)14-10-11-4-1-2-6-13(11)15(18-14)17-8-7-12-5-3-9-21-12/h1-2,4,6,10,12H,3,5,7-9H2,(H,17,18)(H,19,20). The summed E-state index contributed by atoms with van der Waals surface area (Å²) in [5.74, 6) is -0.383. The molecule has 5 heteroatoms. The number of fused-ring (bicyclic) bond motifs is 1. The molecule has 0 amide bonds. The van der Waals surface area contributed by atoms with E-state index in [0.29, 0.717) is 11.9 Å². The molecule has 2 heterocycles. The maximum Gasteiger partial charge on any atom is 0.354 e. The van der Waals surface area contributed by atoms with Crippen LogP contribution in [0.15, 0.2) is 30.3 Å². The minimum atomic E-state index is -1.01. The highest BCUT2D eigenvalue weighted by Crippen LogP contribution is 2.23. The Morgan fingerprint density at radius 2 is 2.29 bits per heavy atom. The van der Waals surface area contributed by atoms with Gasteiger partial charge in [-0.15, -0.1) is 0 Å². The number of hydrogen-bond donors (Lipinski definition) is 2. The highest BCUT2D eigenvalue weighted by molar-refractivity contribution is 5.97. The van der Waals surface area contributed by atoms with E-state index in [1.54, 1.807) is 6.07 Å². The van der Waals surface area contributed by atoms with Crippen LogP contribution in [0.2, 0.25) is 0 Å². The Morgan fingerprint density at radius 3 is 3.05 bits per heavy atom. The van der Waals surface area contributed by atoms with Crippen molar-refractivity contribution in [1.82, 2.24) is 4.98 Å². The first-order chi connectivity index (χ1) is 10.2. The smallest absolute Gasteiger partial charge is 0.354 e. The maximum absolute atomic E-state index is 11.2. The summed E-state index contributed by atoms with van der Waals surface area (Å²) in [5, 5.41) is 14.2. The van der Waals surface area contributed by atoms with Crippen molar-refractivity contribution in [1.29, 1.82) is 0 Å². The van der Waals surface area contributed by atoms with Gasteiger partial charge in [0.15, 0.2) is 5.69 Å². The van der Waals surface area contributed by atoms with Crippen LogP contribution in [0.4, 0.5) is 5.82 Å². The maximum atomic E-state index is 11.2. The van der Waals surface area contributed by atoms with Gasteiger partial charge in [-0.05, 0) is 30.7 Å². The summed E-state index contributed by atoms with van der Waals surface area (Å²) >= 11 is 0. The molecular formula is C16H18N2O3. The van der Waals surface area contributed by atoms with Crippen LogP contribution in [-0.2, 0) is 4.74 Å². The Morgan fingerprint density at radius 1 is 1.43 bits per heavy atom. The molecule has 1 aliphatic rings. The number of anilines is 1. The van der Waals surface area contributed by atoms with Crippen LogP contribution < -0.4 is 5.32 Å². The molecule has 21 heavy (non-hydrogen) atoms. The lowest BCUT2D eigenvalue weighted by atomic mass is 10.1. The zero-order valence-corrected chi connectivity index (χ0v) is 11.7. The molecule has 0 spiro atoms. The molecule has 1 aromatic carbocycles. The number of rotatable bonds is 5. The van der Waals surface area contributed by atoms with Gasteiger partial charge >= 0.3 is 5.97 Å². The number of nitrogens with zero attached hydrogens (tertiary/aromatic N) is 1. The van der Waals surface area contributed by atoms with E-state index in [-0.39, 0.29) is 5.69 Å². The summed E-state index contributed by atoms with van der Waals surface area (Å²) in [6.07, 6.45) is 3.45. The van der Waals surface area contributed by atoms with Crippen molar-refractivity contribution in [3.05, 3.63) is 36.0 Å². The SMILES string of the molecule is O=C(O)c1cc2ccccc2c(NCCC2CCCO2)n1. The van der Waals surface area contributed by atoms with Crippen LogP contribution in [0.3, 0.4) is 0 Å². The van der Waals surface area contributed by atoms with E-state index in [1.165, 1.54) is 0 Å². The summed E-state index contributed by atoms with van der Waals surface area (Å²) in [6, 6.07) is 9.26. The summed E-state index contributed by atoms with van der Waals surface area (Å²) < 4.78 is 5.59. The van der Waals surface area contributed by atoms with Crippen molar-refractivity contribution in [2.75, 3.05) is 18.5 Å². The number of hydrogen-bond acceptors (Lipinski definition) is 4. The number of carboxylic acid groups (broad SMARTS) is 1. The molecule has 1 aromatic heterocycles. The summed E-state index contributed by atoms with van der Waals surface area (Å²) in [4.78, 5) is 15.4. The van der Waals surface area contributed by atoms with E-state index in [0.717, 1.165) is 43.2 Å². The van der Waals surface area contributed by atoms with Crippen molar-refractivity contribution in [2.45, 2.75) is 25.4 Å². The summed E-state index contributed by atoms with van der Waals surface area (Å²) in [5.41, 5.74) is 0.0633. The molecule has 2 N–H and O–H groups in total. The zero-order valence-electron chi connectivity index (χ0n) is 11.7. The molecule has 1 saturated heterocycles. The second-order valence-electron chi connectivity index (χ2n) is 5.23. The summed E-state index contributed by atoms with van der Waals surface area (Å²) in [6.45, 7) is 1.57. The lowest BCUT2D eigenvalue weighted by Gasteiger charge is -2.12. The molecular weight excluding hydrogens is 268 g/mol. The van der Waals surface area contributed by atoms with E-state index in [1.807, 2.05) is 24.3 Å². The van der Waals surface area contributed by atoms with Crippen molar-refractivity contribution in [3.63, 3.8) is 0 Å². The third kappa shape index (κ3) is 3.13. The zero-order chi connectivity index (χ0) is 14.7. The van der Waals surface area contributed by atoms with Crippen molar-refractivity contribution in [2.24, 2.45) is 0 Å². The summed E-state index contributed by atoms with van der Waals surface area (Å²) in [7, 11) is 0. The Balaban J connectivity index is 1.80. The molecule has 0 aliphatic carbocycles. The minimum Gasteiger partial charge on any atom is -0.477 e. The molecule has 1 atom stereocenters. The van der Waals surface area contributed by atoms with Crippen LogP contribution in [0.25, 0.3) is 10.8 Å². The second-order valence-corrected chi connectivity index (χ2v) is 5.23. The third-order valence-electron chi connectivity index (χ3n) is 3.74. The van der Waals surface area contributed by atoms with Gasteiger partial charge in [0.2, 0.25) is 0 Å². The molecule has 1 fully saturated rings. The van der Waals surface area contributed by atoms with Gasteiger partial charge in [-0.25, -0.2) is 9.78 Å². The molecule has 3 rings (SSSR count). The predicted octanol–water partition coefficient (Wildman–Crippen LogP) is 2.91. The molecule has 5 nitrogen and oxygen atoms in total. The van der Waals surface area contributed by atoms with Gasteiger partial charge in [0, 0.05) is 18.5 Å². The van der Waals surface area contributed by atoms with Crippen LogP contribution in [0, 0.1) is 0 Å². The fourth-order valence-corrected chi connectivity index (χ4v) is 2.67. The number of aromatic carboxylic acids is 1. The monoisotopic (exact) mass is 286 g/mol. The van der Waals surface area contributed by atoms with Crippen molar-refractivity contribution >= 4 is 22.6 Å². The van der Waals surface area contributed by atoms with Gasteiger partial charge in [0.05, 0.1) is 6.10 Å². The van der Waals surface area contributed by atoms with E-state index in [2.05, 4.69) is 10.3 Å². The first kappa shape index (κ1) is 13.8. The van der Waals surface area contributed by atoms with Gasteiger partial charge in [0.25, 0.3) is 0 Å². The quantitative estimate of drug-likeness (QED) is 0.884. The van der Waals surface area contributed by atoms with E-state index < -0.39 is 5.97 Å². The molecule has 110 valence electrons. The van der Waals surface area contributed by atoms with E-state index >= 15 is 0 Å². The Bertz CT molecular complexity index is 651. The topological polar surface area (TPSA) is 71.5 Å². The molecule has 0 radical (unpaired) electrons. The first-order valence-electron chi connectivity index (χ1n) is 7.22. The minimum absolute atomic E-state index is 0.0633. The highest BCUT2D eigenvalue weighted by Gasteiger charge is 2.15. The second kappa shape index (κ2) is 6.10. The Kier molecular flexibility index (Phi) is 4.01. The fraction of sp³-hybridized carbons (Fsp3) is 0.375. The Hall–Kier alpha value is -2.14. The van der Waals surface area contributed by atoms with Crippen LogP contribution in [-0.4, -0.2) is 35.3 Å². The number of ether oxygens (including phenoxy) is 1. The van der Waals surface area contributed by atoms with Gasteiger partial charge in [-0.2, -0.15) is 0 Å². The number of aromatic nitrogens is 1. The molecule has 2 aromatic rings. The third-order valence-corrected chi connectivity index (χ3v) is 3.74. The number of carboxylic acids is 1. The number of pyridine rings is 1. The van der Waals surface area contributed by atoms with Crippen molar-refractivity contribution in [3.8, 4) is 0 Å². The van der Waals surface area contributed by atoms with Gasteiger partial charge in [0.1, 0.15) is 5.82 Å². The average molecular weight is 286 g/mol. The number of carbonyl (C=O) groups is 1.